The lowest BCUT2D eigenvalue weighted by molar-refractivity contribution is -0.118. The number of nitrogens with one attached hydrogen (secondary N) is 1. The molecule has 3 aromatic heterocycles. The van der Waals surface area contributed by atoms with Gasteiger partial charge in [-0.05, 0) is 30.7 Å². The van der Waals surface area contributed by atoms with Crippen LogP contribution in [0.3, 0.4) is 0 Å². The van der Waals surface area contributed by atoms with Crippen molar-refractivity contribution in [2.24, 2.45) is 0 Å². The van der Waals surface area contributed by atoms with Crippen molar-refractivity contribution < 1.29 is 9.21 Å². The summed E-state index contributed by atoms with van der Waals surface area (Å²) in [6.07, 6.45) is 4.58. The van der Waals surface area contributed by atoms with E-state index < -0.39 is 0 Å². The summed E-state index contributed by atoms with van der Waals surface area (Å²) in [6, 6.07) is 11.0. The Balaban J connectivity index is 1.61. The van der Waals surface area contributed by atoms with Crippen LogP contribution in [0.4, 0.5) is 0 Å². The molecule has 0 spiro atoms. The summed E-state index contributed by atoms with van der Waals surface area (Å²) in [5, 5.41) is 12.6. The van der Waals surface area contributed by atoms with Crippen LogP contribution in [0, 0.1) is 0 Å². The number of benzene rings is 1. The number of amides is 1. The Labute approximate surface area is 177 Å². The maximum Gasteiger partial charge on any atom is 0.262 e. The molecule has 0 aliphatic carbocycles. The molecule has 4 rings (SSSR count). The lowest BCUT2D eigenvalue weighted by atomic mass is 10.2. The predicted octanol–water partition coefficient (Wildman–Crippen LogP) is 3.24. The minimum atomic E-state index is -0.131. The van der Waals surface area contributed by atoms with E-state index in [4.69, 9.17) is 4.42 Å². The predicted molar refractivity (Wildman–Crippen MR) is 116 cm³/mol. The largest absolute Gasteiger partial charge is 0.467 e. The third-order valence-electron chi connectivity index (χ3n) is 4.84. The summed E-state index contributed by atoms with van der Waals surface area (Å²) in [4.78, 5) is 25.3. The second-order valence-corrected chi connectivity index (χ2v) is 7.89. The molecule has 0 aliphatic heterocycles. The van der Waals surface area contributed by atoms with Gasteiger partial charge in [0, 0.05) is 6.54 Å². The molecule has 156 valence electrons. The van der Waals surface area contributed by atoms with Crippen molar-refractivity contribution >= 4 is 34.3 Å². The van der Waals surface area contributed by atoms with Crippen molar-refractivity contribution in [3.05, 3.63) is 58.8 Å². The maximum atomic E-state index is 13.0. The van der Waals surface area contributed by atoms with Crippen LogP contribution in [0.5, 0.6) is 0 Å². The summed E-state index contributed by atoms with van der Waals surface area (Å²) < 4.78 is 8.78. The highest BCUT2D eigenvalue weighted by Crippen LogP contribution is 2.21. The smallest absolute Gasteiger partial charge is 0.262 e. The van der Waals surface area contributed by atoms with Crippen molar-refractivity contribution in [1.82, 2.24) is 24.5 Å². The first kappa shape index (κ1) is 20.2. The molecule has 0 saturated carbocycles. The zero-order chi connectivity index (χ0) is 20.9. The number of carbonyl (C=O) groups is 1. The third kappa shape index (κ3) is 4.11. The van der Waals surface area contributed by atoms with Gasteiger partial charge < -0.3 is 9.73 Å². The number of hydrogen-bond donors (Lipinski definition) is 1. The molecule has 0 bridgehead atoms. The fourth-order valence-electron chi connectivity index (χ4n) is 3.33. The highest BCUT2D eigenvalue weighted by atomic mass is 32.2. The van der Waals surface area contributed by atoms with Crippen LogP contribution in [0.1, 0.15) is 31.9 Å². The Hall–Kier alpha value is -3.07. The van der Waals surface area contributed by atoms with Crippen LogP contribution in [-0.2, 0) is 17.9 Å². The standard InChI is InChI=1S/C21H23N5O3S/c1-2-3-6-11-25-19(28)16-9-4-5-10-17(16)26-20(25)23-24-21(26)30-14-18(27)22-13-15-8-7-12-29-15/h4-5,7-10,12H,2-3,6,11,13-14H2,1H3,(H,22,27). The second kappa shape index (κ2) is 9.17. The molecular weight excluding hydrogens is 402 g/mol. The van der Waals surface area contributed by atoms with E-state index in [-0.39, 0.29) is 17.2 Å². The van der Waals surface area contributed by atoms with Crippen molar-refractivity contribution in [3.8, 4) is 0 Å². The van der Waals surface area contributed by atoms with Crippen LogP contribution in [0.15, 0.2) is 57.0 Å². The fraction of sp³-hybridized carbons (Fsp3) is 0.333. The normalized spacial score (nSPS) is 11.4. The molecule has 1 amide bonds. The highest BCUT2D eigenvalue weighted by molar-refractivity contribution is 7.99. The molecule has 8 nitrogen and oxygen atoms in total. The quantitative estimate of drug-likeness (QED) is 0.327. The van der Waals surface area contributed by atoms with Crippen LogP contribution >= 0.6 is 11.8 Å². The van der Waals surface area contributed by atoms with Crippen molar-refractivity contribution in [2.45, 2.75) is 44.4 Å². The lowest BCUT2D eigenvalue weighted by Crippen LogP contribution is -2.25. The molecule has 1 aromatic carbocycles. The van der Waals surface area contributed by atoms with Gasteiger partial charge in [0.05, 0.1) is 29.5 Å². The highest BCUT2D eigenvalue weighted by Gasteiger charge is 2.17. The Morgan fingerprint density at radius 3 is 2.83 bits per heavy atom. The number of aromatic nitrogens is 4. The minimum Gasteiger partial charge on any atom is -0.467 e. The van der Waals surface area contributed by atoms with Crippen molar-refractivity contribution in [2.75, 3.05) is 5.75 Å². The van der Waals surface area contributed by atoms with Gasteiger partial charge in [0.15, 0.2) is 5.16 Å². The number of unbranched alkanes of at least 4 members (excludes halogenated alkanes) is 2. The van der Waals surface area contributed by atoms with Gasteiger partial charge in [0.1, 0.15) is 5.76 Å². The number of thioether (sulfide) groups is 1. The molecule has 0 aliphatic rings. The van der Waals surface area contributed by atoms with Gasteiger partial charge in [-0.2, -0.15) is 0 Å². The van der Waals surface area contributed by atoms with E-state index in [1.807, 2.05) is 34.7 Å². The van der Waals surface area contributed by atoms with Crippen molar-refractivity contribution in [1.29, 1.82) is 0 Å². The molecule has 3 heterocycles. The van der Waals surface area contributed by atoms with Gasteiger partial charge in [-0.1, -0.05) is 43.7 Å². The monoisotopic (exact) mass is 425 g/mol. The first-order valence-corrected chi connectivity index (χ1v) is 11.0. The van der Waals surface area contributed by atoms with Gasteiger partial charge >= 0.3 is 0 Å². The molecule has 9 heteroatoms. The molecule has 0 fully saturated rings. The van der Waals surface area contributed by atoms with Gasteiger partial charge in [-0.3, -0.25) is 18.6 Å². The Bertz CT molecular complexity index is 1210. The topological polar surface area (TPSA) is 94.4 Å². The average molecular weight is 426 g/mol. The molecular formula is C21H23N5O3S. The zero-order valence-corrected chi connectivity index (χ0v) is 17.5. The molecule has 0 saturated heterocycles. The number of nitrogens with zero attached hydrogens (tertiary/aromatic N) is 4. The Kier molecular flexibility index (Phi) is 6.18. The van der Waals surface area contributed by atoms with E-state index in [2.05, 4.69) is 22.4 Å². The SMILES string of the molecule is CCCCCn1c(=O)c2ccccc2n2c(SCC(=O)NCc3ccco3)nnc12. The van der Waals surface area contributed by atoms with E-state index in [1.54, 1.807) is 16.9 Å². The van der Waals surface area contributed by atoms with Crippen LogP contribution in [0.2, 0.25) is 0 Å². The summed E-state index contributed by atoms with van der Waals surface area (Å²) in [7, 11) is 0. The molecule has 4 aromatic rings. The van der Waals surface area contributed by atoms with Crippen LogP contribution in [-0.4, -0.2) is 30.8 Å². The van der Waals surface area contributed by atoms with Gasteiger partial charge in [0.25, 0.3) is 5.56 Å². The molecule has 0 unspecified atom stereocenters. The number of para-hydroxylation sites is 1. The first-order valence-electron chi connectivity index (χ1n) is 9.97. The maximum absolute atomic E-state index is 13.0. The van der Waals surface area contributed by atoms with E-state index in [9.17, 15) is 9.59 Å². The minimum absolute atomic E-state index is 0.0608. The summed E-state index contributed by atoms with van der Waals surface area (Å²) in [5.41, 5.74) is 0.682. The van der Waals surface area contributed by atoms with E-state index in [1.165, 1.54) is 11.8 Å². The van der Waals surface area contributed by atoms with Crippen molar-refractivity contribution in [3.63, 3.8) is 0 Å². The number of aryl methyl sites for hydroxylation is 1. The van der Waals surface area contributed by atoms with Gasteiger partial charge in [0.2, 0.25) is 11.7 Å². The number of carbonyl (C=O) groups excluding carboxylic acids is 1. The summed E-state index contributed by atoms with van der Waals surface area (Å²) in [6.45, 7) is 3.06. The van der Waals surface area contributed by atoms with E-state index in [0.29, 0.717) is 35.2 Å². The molecule has 1 N–H and O–H groups in total. The number of furan rings is 1. The van der Waals surface area contributed by atoms with Gasteiger partial charge in [-0.15, -0.1) is 10.2 Å². The van der Waals surface area contributed by atoms with Crippen LogP contribution in [0.25, 0.3) is 16.7 Å². The zero-order valence-electron chi connectivity index (χ0n) is 16.7. The first-order chi connectivity index (χ1) is 14.7. The number of hydrogen-bond acceptors (Lipinski definition) is 6. The Morgan fingerprint density at radius 2 is 2.03 bits per heavy atom. The molecule has 0 radical (unpaired) electrons. The number of fused-ring (bicyclic) bond motifs is 3. The lowest BCUT2D eigenvalue weighted by Gasteiger charge is -2.11. The average Bonchev–Trinajstić information content (AvgIpc) is 3.43. The van der Waals surface area contributed by atoms with Gasteiger partial charge in [-0.25, -0.2) is 0 Å². The van der Waals surface area contributed by atoms with Crippen LogP contribution < -0.4 is 10.9 Å². The summed E-state index contributed by atoms with van der Waals surface area (Å²) >= 11 is 1.29. The third-order valence-corrected chi connectivity index (χ3v) is 5.76. The van der Waals surface area contributed by atoms with E-state index in [0.717, 1.165) is 24.8 Å². The molecule has 0 atom stereocenters. The Morgan fingerprint density at radius 1 is 1.17 bits per heavy atom. The second-order valence-electron chi connectivity index (χ2n) is 6.94. The molecule has 30 heavy (non-hydrogen) atoms. The number of rotatable bonds is 9. The fourth-order valence-corrected chi connectivity index (χ4v) is 4.10. The van der Waals surface area contributed by atoms with E-state index >= 15 is 0 Å². The summed E-state index contributed by atoms with van der Waals surface area (Å²) in [5.74, 6) is 1.26.